The molecule has 0 amide bonds. The summed E-state index contributed by atoms with van der Waals surface area (Å²) in [6.07, 6.45) is 0.773. The molecule has 0 aliphatic carbocycles. The first-order valence-corrected chi connectivity index (χ1v) is 7.53. The van der Waals surface area contributed by atoms with Gasteiger partial charge in [0, 0.05) is 23.3 Å². The molecule has 2 rings (SSSR count). The monoisotopic (exact) mass is 333 g/mol. The van der Waals surface area contributed by atoms with Gasteiger partial charge in [0.15, 0.2) is 17.5 Å². The average Bonchev–Trinajstić information content (AvgIpc) is 2.54. The van der Waals surface area contributed by atoms with Gasteiger partial charge in [-0.25, -0.2) is 0 Å². The number of hydrogen-bond acceptors (Lipinski definition) is 3. The molecular weight excluding hydrogens is 314 g/mol. The number of nitrogens with two attached hydrogens (primary N) is 1. The van der Waals surface area contributed by atoms with Gasteiger partial charge in [-0.3, -0.25) is 4.99 Å². The third-order valence-corrected chi connectivity index (χ3v) is 3.46. The van der Waals surface area contributed by atoms with Gasteiger partial charge in [-0.15, -0.1) is 0 Å². The molecule has 6 heteroatoms. The number of halogens is 1. The minimum absolute atomic E-state index is 0.347. The van der Waals surface area contributed by atoms with Gasteiger partial charge in [0.1, 0.15) is 0 Å². The maximum Gasteiger partial charge on any atom is 0.193 e. The van der Waals surface area contributed by atoms with Crippen molar-refractivity contribution >= 4 is 23.2 Å². The quantitative estimate of drug-likeness (QED) is 0.628. The van der Waals surface area contributed by atoms with Crippen molar-refractivity contribution in [3.05, 3.63) is 53.1 Å². The predicted octanol–water partition coefficient (Wildman–Crippen LogP) is 3.33. The fourth-order valence-electron chi connectivity index (χ4n) is 2.10. The van der Waals surface area contributed by atoms with E-state index in [1.807, 2.05) is 30.3 Å². The number of guanidine groups is 1. The number of nitrogens with one attached hydrogen (secondary N) is 1. The van der Waals surface area contributed by atoms with Crippen LogP contribution in [0, 0.1) is 0 Å². The second-order valence-electron chi connectivity index (χ2n) is 4.84. The number of aliphatic imine (C=N–C) groups is 1. The number of rotatable bonds is 6. The van der Waals surface area contributed by atoms with E-state index >= 15 is 0 Å². The molecule has 0 saturated heterocycles. The number of methoxy groups -OCH3 is 2. The zero-order chi connectivity index (χ0) is 16.7. The van der Waals surface area contributed by atoms with E-state index in [0.717, 1.165) is 22.7 Å². The zero-order valence-electron chi connectivity index (χ0n) is 13.2. The summed E-state index contributed by atoms with van der Waals surface area (Å²) in [4.78, 5) is 4.31. The molecule has 0 aliphatic rings. The van der Waals surface area contributed by atoms with Gasteiger partial charge in [-0.1, -0.05) is 23.7 Å². The second-order valence-corrected chi connectivity index (χ2v) is 5.28. The summed E-state index contributed by atoms with van der Waals surface area (Å²) in [6.45, 7) is 0.576. The summed E-state index contributed by atoms with van der Waals surface area (Å²) in [5.41, 5.74) is 7.81. The molecule has 3 N–H and O–H groups in total. The number of benzene rings is 2. The van der Waals surface area contributed by atoms with Gasteiger partial charge in [-0.2, -0.15) is 0 Å². The normalized spacial score (nSPS) is 11.2. The minimum atomic E-state index is 0.347. The van der Waals surface area contributed by atoms with Crippen molar-refractivity contribution in [2.45, 2.75) is 6.42 Å². The molecule has 0 aromatic heterocycles. The highest BCUT2D eigenvalue weighted by molar-refractivity contribution is 6.30. The van der Waals surface area contributed by atoms with Crippen LogP contribution < -0.4 is 20.5 Å². The van der Waals surface area contributed by atoms with Gasteiger partial charge in [0.2, 0.25) is 0 Å². The Hall–Kier alpha value is -2.40. The maximum atomic E-state index is 5.95. The summed E-state index contributed by atoms with van der Waals surface area (Å²) in [7, 11) is 3.18. The third kappa shape index (κ3) is 5.07. The zero-order valence-corrected chi connectivity index (χ0v) is 13.9. The van der Waals surface area contributed by atoms with Gasteiger partial charge in [0.05, 0.1) is 14.2 Å². The summed E-state index contributed by atoms with van der Waals surface area (Å²) in [5.74, 6) is 1.64. The molecule has 0 atom stereocenters. The van der Waals surface area contributed by atoms with Crippen LogP contribution in [0.4, 0.5) is 5.69 Å². The molecule has 2 aromatic rings. The largest absolute Gasteiger partial charge is 0.493 e. The minimum Gasteiger partial charge on any atom is -0.493 e. The Morgan fingerprint density at radius 3 is 2.61 bits per heavy atom. The van der Waals surface area contributed by atoms with Gasteiger partial charge in [0.25, 0.3) is 0 Å². The van der Waals surface area contributed by atoms with Crippen LogP contribution in [-0.4, -0.2) is 26.7 Å². The van der Waals surface area contributed by atoms with Gasteiger partial charge in [-0.05, 0) is 36.2 Å². The molecule has 23 heavy (non-hydrogen) atoms. The molecular formula is C17H20ClN3O2. The number of anilines is 1. The van der Waals surface area contributed by atoms with Crippen molar-refractivity contribution in [2.75, 3.05) is 26.1 Å². The van der Waals surface area contributed by atoms with Gasteiger partial charge < -0.3 is 20.5 Å². The Bertz CT molecular complexity index is 689. The SMILES string of the molecule is COc1ccc(NC(N)=NCCc2cccc(Cl)c2)cc1OC. The summed E-state index contributed by atoms with van der Waals surface area (Å²) < 4.78 is 10.4. The molecule has 0 unspecified atom stereocenters. The smallest absolute Gasteiger partial charge is 0.193 e. The molecule has 5 nitrogen and oxygen atoms in total. The lowest BCUT2D eigenvalue weighted by Gasteiger charge is -2.11. The van der Waals surface area contributed by atoms with E-state index in [1.54, 1.807) is 26.4 Å². The first-order chi connectivity index (χ1) is 11.1. The summed E-state index contributed by atoms with van der Waals surface area (Å²) in [6, 6.07) is 13.2. The lowest BCUT2D eigenvalue weighted by atomic mass is 10.1. The topological polar surface area (TPSA) is 68.9 Å². The van der Waals surface area contributed by atoms with Crippen molar-refractivity contribution in [3.8, 4) is 11.5 Å². The van der Waals surface area contributed by atoms with Crippen LogP contribution in [-0.2, 0) is 6.42 Å². The Labute approximate surface area is 141 Å². The lowest BCUT2D eigenvalue weighted by molar-refractivity contribution is 0.355. The third-order valence-electron chi connectivity index (χ3n) is 3.23. The van der Waals surface area contributed by atoms with E-state index < -0.39 is 0 Å². The predicted molar refractivity (Wildman–Crippen MR) is 94.8 cm³/mol. The van der Waals surface area contributed by atoms with Gasteiger partial charge >= 0.3 is 0 Å². The number of hydrogen-bond donors (Lipinski definition) is 2. The van der Waals surface area contributed by atoms with Crippen molar-refractivity contribution in [1.82, 2.24) is 0 Å². The standard InChI is InChI=1S/C17H20ClN3O2/c1-22-15-7-6-14(11-16(15)23-2)21-17(19)20-9-8-12-4-3-5-13(18)10-12/h3-7,10-11H,8-9H2,1-2H3,(H3,19,20,21). The van der Waals surface area contributed by atoms with Crippen molar-refractivity contribution in [3.63, 3.8) is 0 Å². The lowest BCUT2D eigenvalue weighted by Crippen LogP contribution is -2.23. The van der Waals surface area contributed by atoms with E-state index in [0.29, 0.717) is 24.0 Å². The van der Waals surface area contributed by atoms with Crippen LogP contribution in [0.5, 0.6) is 11.5 Å². The Balaban J connectivity index is 1.94. The molecule has 122 valence electrons. The van der Waals surface area contributed by atoms with Crippen LogP contribution in [0.2, 0.25) is 5.02 Å². The Morgan fingerprint density at radius 2 is 1.91 bits per heavy atom. The molecule has 0 heterocycles. The molecule has 0 aliphatic heterocycles. The Kier molecular flexibility index (Phi) is 6.11. The van der Waals surface area contributed by atoms with Crippen LogP contribution >= 0.6 is 11.6 Å². The highest BCUT2D eigenvalue weighted by Crippen LogP contribution is 2.29. The fraction of sp³-hybridized carbons (Fsp3) is 0.235. The Morgan fingerprint density at radius 1 is 1.13 bits per heavy atom. The molecule has 0 radical (unpaired) electrons. The first kappa shape index (κ1) is 17.0. The molecule has 0 bridgehead atoms. The van der Waals surface area contributed by atoms with Crippen molar-refractivity contribution < 1.29 is 9.47 Å². The van der Waals surface area contributed by atoms with Crippen LogP contribution in [0.1, 0.15) is 5.56 Å². The van der Waals surface area contributed by atoms with Crippen LogP contribution in [0.3, 0.4) is 0 Å². The van der Waals surface area contributed by atoms with Crippen molar-refractivity contribution in [1.29, 1.82) is 0 Å². The molecule has 0 spiro atoms. The van der Waals surface area contributed by atoms with Crippen LogP contribution in [0.15, 0.2) is 47.5 Å². The second kappa shape index (κ2) is 8.29. The number of ether oxygens (including phenoxy) is 2. The molecule has 2 aromatic carbocycles. The highest BCUT2D eigenvalue weighted by Gasteiger charge is 2.05. The van der Waals surface area contributed by atoms with E-state index in [4.69, 9.17) is 26.8 Å². The van der Waals surface area contributed by atoms with E-state index in [9.17, 15) is 0 Å². The highest BCUT2D eigenvalue weighted by atomic mass is 35.5. The first-order valence-electron chi connectivity index (χ1n) is 7.16. The molecule has 0 saturated carbocycles. The molecule has 0 fully saturated rings. The maximum absolute atomic E-state index is 5.95. The van der Waals surface area contributed by atoms with E-state index in [-0.39, 0.29) is 0 Å². The van der Waals surface area contributed by atoms with Crippen molar-refractivity contribution in [2.24, 2.45) is 10.7 Å². The number of nitrogens with zero attached hydrogens (tertiary/aromatic N) is 1. The summed E-state index contributed by atoms with van der Waals surface area (Å²) in [5, 5.41) is 3.76. The fourth-order valence-corrected chi connectivity index (χ4v) is 2.31. The average molecular weight is 334 g/mol. The van der Waals surface area contributed by atoms with Crippen LogP contribution in [0.25, 0.3) is 0 Å². The van der Waals surface area contributed by atoms with E-state index in [1.165, 1.54) is 0 Å². The summed E-state index contributed by atoms with van der Waals surface area (Å²) >= 11 is 5.95. The van der Waals surface area contributed by atoms with E-state index in [2.05, 4.69) is 10.3 Å².